The van der Waals surface area contributed by atoms with Gasteiger partial charge in [0.2, 0.25) is 0 Å². The first-order valence-electron chi connectivity index (χ1n) is 4.71. The molecule has 0 aliphatic heterocycles. The molecule has 0 unspecified atom stereocenters. The Morgan fingerprint density at radius 3 is 3.27 bits per heavy atom. The fraction of sp³-hybridized carbons (Fsp3) is 0.182. The molecule has 0 aliphatic rings. The normalized spacial score (nSPS) is 11.3. The van der Waals surface area contributed by atoms with Crippen molar-refractivity contribution in [2.24, 2.45) is 4.99 Å². The lowest BCUT2D eigenvalue weighted by Gasteiger charge is -1.86. The molecular formula is C11H10N2O2. The van der Waals surface area contributed by atoms with Gasteiger partial charge in [-0.3, -0.25) is 9.78 Å². The molecule has 0 saturated carbocycles. The number of fused-ring (bicyclic) bond motifs is 1. The summed E-state index contributed by atoms with van der Waals surface area (Å²) in [5.41, 5.74) is 0.604. The van der Waals surface area contributed by atoms with Gasteiger partial charge in [-0.15, -0.1) is 0 Å². The minimum absolute atomic E-state index is 0.253. The summed E-state index contributed by atoms with van der Waals surface area (Å²) in [5, 5.41) is 0.861. The van der Waals surface area contributed by atoms with Crippen LogP contribution in [0.15, 0.2) is 33.9 Å². The highest BCUT2D eigenvalue weighted by atomic mass is 16.3. The van der Waals surface area contributed by atoms with E-state index in [1.165, 1.54) is 0 Å². The smallest absolute Gasteiger partial charge is 0.312 e. The molecule has 2 aromatic heterocycles. The molecule has 2 heterocycles. The molecule has 0 fully saturated rings. The van der Waals surface area contributed by atoms with Crippen molar-refractivity contribution in [3.8, 4) is 0 Å². The summed E-state index contributed by atoms with van der Waals surface area (Å²) in [4.78, 5) is 19.1. The maximum atomic E-state index is 11.5. The summed E-state index contributed by atoms with van der Waals surface area (Å²) < 4.78 is 5.30. The number of rotatable bonds is 2. The fourth-order valence-electron chi connectivity index (χ4n) is 1.23. The molecule has 1 amide bonds. The van der Waals surface area contributed by atoms with Crippen molar-refractivity contribution in [2.45, 2.75) is 13.3 Å². The number of hydrogen-bond acceptors (Lipinski definition) is 3. The number of pyridine rings is 1. The zero-order chi connectivity index (χ0) is 10.7. The van der Waals surface area contributed by atoms with E-state index in [0.29, 0.717) is 5.58 Å². The number of carbonyl (C=O) groups excluding carboxylic acids is 1. The van der Waals surface area contributed by atoms with Crippen LogP contribution in [0.25, 0.3) is 11.0 Å². The van der Waals surface area contributed by atoms with E-state index in [2.05, 4.69) is 9.98 Å². The molecule has 0 aliphatic carbocycles. The Bertz CT molecular complexity index is 481. The first-order valence-corrected chi connectivity index (χ1v) is 4.71. The number of amides is 1. The van der Waals surface area contributed by atoms with Crippen LogP contribution in [0.2, 0.25) is 0 Å². The summed E-state index contributed by atoms with van der Waals surface area (Å²) >= 11 is 0. The third-order valence-electron chi connectivity index (χ3n) is 1.92. The largest absolute Gasteiger partial charge is 0.449 e. The molecule has 4 nitrogen and oxygen atoms in total. The predicted molar refractivity (Wildman–Crippen MR) is 57.1 cm³/mol. The van der Waals surface area contributed by atoms with Crippen molar-refractivity contribution in [3.63, 3.8) is 0 Å². The average molecular weight is 202 g/mol. The van der Waals surface area contributed by atoms with Gasteiger partial charge in [0, 0.05) is 17.8 Å². The van der Waals surface area contributed by atoms with Gasteiger partial charge in [0.15, 0.2) is 11.3 Å². The second-order valence-electron chi connectivity index (χ2n) is 3.05. The van der Waals surface area contributed by atoms with Gasteiger partial charge >= 0.3 is 5.91 Å². The quantitative estimate of drug-likeness (QED) is 0.703. The third kappa shape index (κ3) is 1.93. The predicted octanol–water partition coefficient (Wildman–Crippen LogP) is 2.45. The van der Waals surface area contributed by atoms with E-state index in [9.17, 15) is 4.79 Å². The van der Waals surface area contributed by atoms with Gasteiger partial charge in [0.05, 0.1) is 6.20 Å². The zero-order valence-electron chi connectivity index (χ0n) is 8.30. The van der Waals surface area contributed by atoms with Gasteiger partial charge in [-0.1, -0.05) is 6.92 Å². The van der Waals surface area contributed by atoms with E-state index in [-0.39, 0.29) is 11.7 Å². The standard InChI is InChI=1S/C11H10N2O2/c1-2-4-13-11(14)9-6-8-3-5-12-7-10(8)15-9/h3-7H,2H2,1H3. The molecular weight excluding hydrogens is 192 g/mol. The molecule has 76 valence electrons. The number of furan rings is 1. The van der Waals surface area contributed by atoms with E-state index in [1.54, 1.807) is 30.7 Å². The SMILES string of the molecule is CCC=NC(=O)c1cc2ccncc2o1. The topological polar surface area (TPSA) is 55.5 Å². The van der Waals surface area contributed by atoms with E-state index in [0.717, 1.165) is 11.8 Å². The van der Waals surface area contributed by atoms with Crippen LogP contribution in [0.1, 0.15) is 23.9 Å². The van der Waals surface area contributed by atoms with Crippen LogP contribution >= 0.6 is 0 Å². The van der Waals surface area contributed by atoms with Crippen LogP contribution in [-0.4, -0.2) is 17.1 Å². The Morgan fingerprint density at radius 1 is 1.67 bits per heavy atom. The summed E-state index contributed by atoms with van der Waals surface area (Å²) in [5.74, 6) is -0.101. The third-order valence-corrected chi connectivity index (χ3v) is 1.92. The number of nitrogens with zero attached hydrogens (tertiary/aromatic N) is 2. The molecule has 0 aromatic carbocycles. The molecule has 0 radical (unpaired) electrons. The Labute approximate surface area is 86.6 Å². The molecule has 0 atom stereocenters. The van der Waals surface area contributed by atoms with E-state index in [4.69, 9.17) is 4.42 Å². The highest BCUT2D eigenvalue weighted by molar-refractivity contribution is 5.99. The second kappa shape index (κ2) is 4.04. The van der Waals surface area contributed by atoms with Crippen molar-refractivity contribution < 1.29 is 9.21 Å². The lowest BCUT2D eigenvalue weighted by atomic mass is 10.3. The minimum atomic E-state index is -0.354. The molecule has 0 N–H and O–H groups in total. The number of aromatic nitrogens is 1. The lowest BCUT2D eigenvalue weighted by molar-refractivity contribution is 0.0979. The Kier molecular flexibility index (Phi) is 2.58. The molecule has 0 spiro atoms. The highest BCUT2D eigenvalue weighted by Gasteiger charge is 2.09. The van der Waals surface area contributed by atoms with E-state index in [1.807, 2.05) is 6.92 Å². The molecule has 0 saturated heterocycles. The van der Waals surface area contributed by atoms with E-state index < -0.39 is 0 Å². The van der Waals surface area contributed by atoms with Crippen LogP contribution in [0, 0.1) is 0 Å². The van der Waals surface area contributed by atoms with Crippen molar-refractivity contribution in [1.29, 1.82) is 0 Å². The molecule has 4 heteroatoms. The summed E-state index contributed by atoms with van der Waals surface area (Å²) in [7, 11) is 0. The summed E-state index contributed by atoms with van der Waals surface area (Å²) in [6.45, 7) is 1.92. The highest BCUT2D eigenvalue weighted by Crippen LogP contribution is 2.18. The monoisotopic (exact) mass is 202 g/mol. The Balaban J connectivity index is 2.36. The van der Waals surface area contributed by atoms with Gasteiger partial charge in [-0.2, -0.15) is 0 Å². The average Bonchev–Trinajstić information content (AvgIpc) is 2.69. The zero-order valence-corrected chi connectivity index (χ0v) is 8.30. The first-order chi connectivity index (χ1) is 7.31. The van der Waals surface area contributed by atoms with Crippen LogP contribution in [0.4, 0.5) is 0 Å². The van der Waals surface area contributed by atoms with E-state index >= 15 is 0 Å². The fourth-order valence-corrected chi connectivity index (χ4v) is 1.23. The first kappa shape index (κ1) is 9.58. The second-order valence-corrected chi connectivity index (χ2v) is 3.05. The van der Waals surface area contributed by atoms with Crippen molar-refractivity contribution >= 4 is 23.1 Å². The minimum Gasteiger partial charge on any atom is -0.449 e. The van der Waals surface area contributed by atoms with Crippen molar-refractivity contribution in [3.05, 3.63) is 30.3 Å². The Hall–Kier alpha value is -1.97. The van der Waals surface area contributed by atoms with Crippen LogP contribution in [0.5, 0.6) is 0 Å². The number of carbonyl (C=O) groups is 1. The van der Waals surface area contributed by atoms with Crippen LogP contribution in [0.3, 0.4) is 0 Å². The number of aliphatic imine (C=N–C) groups is 1. The maximum absolute atomic E-state index is 11.5. The number of hydrogen-bond donors (Lipinski definition) is 0. The molecule has 2 rings (SSSR count). The Morgan fingerprint density at radius 2 is 2.53 bits per heavy atom. The van der Waals surface area contributed by atoms with Crippen molar-refractivity contribution in [2.75, 3.05) is 0 Å². The lowest BCUT2D eigenvalue weighted by Crippen LogP contribution is -1.91. The summed E-state index contributed by atoms with van der Waals surface area (Å²) in [6, 6.07) is 3.46. The maximum Gasteiger partial charge on any atom is 0.312 e. The van der Waals surface area contributed by atoms with Gasteiger partial charge in [-0.05, 0) is 18.6 Å². The van der Waals surface area contributed by atoms with Gasteiger partial charge in [0.25, 0.3) is 0 Å². The van der Waals surface area contributed by atoms with Crippen LogP contribution < -0.4 is 0 Å². The van der Waals surface area contributed by atoms with Crippen molar-refractivity contribution in [1.82, 2.24) is 4.98 Å². The summed E-state index contributed by atoms with van der Waals surface area (Å²) in [6.07, 6.45) is 5.53. The van der Waals surface area contributed by atoms with Crippen LogP contribution in [-0.2, 0) is 0 Å². The van der Waals surface area contributed by atoms with Gasteiger partial charge in [0.1, 0.15) is 0 Å². The molecule has 2 aromatic rings. The molecule has 15 heavy (non-hydrogen) atoms. The molecule has 0 bridgehead atoms. The van der Waals surface area contributed by atoms with Gasteiger partial charge in [-0.25, -0.2) is 4.99 Å². The van der Waals surface area contributed by atoms with Gasteiger partial charge < -0.3 is 4.42 Å².